The fourth-order valence-electron chi connectivity index (χ4n) is 1.56. The van der Waals surface area contributed by atoms with Gasteiger partial charge in [0, 0.05) is 6.42 Å². The summed E-state index contributed by atoms with van der Waals surface area (Å²) >= 11 is 3.48. The van der Waals surface area contributed by atoms with E-state index < -0.39 is 0 Å². The molecule has 3 nitrogen and oxygen atoms in total. The summed E-state index contributed by atoms with van der Waals surface area (Å²) in [6.45, 7) is 2.00. The molecule has 0 spiro atoms. The Labute approximate surface area is 104 Å². The second kappa shape index (κ2) is 5.89. The smallest absolute Gasteiger partial charge is 0.175 e. The number of aldehydes is 1. The molecule has 88 valence electrons. The number of ether oxygens (including phenoxy) is 2. The molecule has 1 rings (SSSR count). The first kappa shape index (κ1) is 13.0. The third-order valence-corrected chi connectivity index (χ3v) is 3.31. The number of methoxy groups -OCH3 is 2. The normalized spacial score (nSPS) is 12.0. The van der Waals surface area contributed by atoms with Crippen LogP contribution < -0.4 is 9.47 Å². The molecule has 0 aliphatic heterocycles. The van der Waals surface area contributed by atoms with Gasteiger partial charge in [-0.25, -0.2) is 0 Å². The molecule has 4 heteroatoms. The maximum atomic E-state index is 10.5. The van der Waals surface area contributed by atoms with Gasteiger partial charge in [0.1, 0.15) is 6.29 Å². The molecule has 1 aromatic carbocycles. The van der Waals surface area contributed by atoms with Crippen LogP contribution in [-0.4, -0.2) is 20.5 Å². The summed E-state index contributed by atoms with van der Waals surface area (Å²) in [6, 6.07) is 3.79. The van der Waals surface area contributed by atoms with Crippen LogP contribution >= 0.6 is 15.9 Å². The molecule has 0 saturated carbocycles. The molecule has 0 heterocycles. The number of benzene rings is 1. The molecule has 0 saturated heterocycles. The predicted molar refractivity (Wildman–Crippen MR) is 66.3 cm³/mol. The second-order valence-corrected chi connectivity index (χ2v) is 4.30. The number of carbonyl (C=O) groups excluding carboxylic acids is 1. The lowest BCUT2D eigenvalue weighted by Crippen LogP contribution is -1.99. The van der Waals surface area contributed by atoms with Crippen LogP contribution in [0.3, 0.4) is 0 Å². The summed E-state index contributed by atoms with van der Waals surface area (Å²) in [7, 11) is 3.19. The first-order chi connectivity index (χ1) is 7.65. The van der Waals surface area contributed by atoms with Gasteiger partial charge in [-0.1, -0.05) is 13.0 Å². The first-order valence-corrected chi connectivity index (χ1v) is 5.79. The molecule has 1 aromatic rings. The molecule has 1 atom stereocenters. The van der Waals surface area contributed by atoms with Crippen molar-refractivity contribution in [2.24, 2.45) is 0 Å². The number of hydrogen-bond acceptors (Lipinski definition) is 3. The molecule has 0 amide bonds. The van der Waals surface area contributed by atoms with E-state index in [1.54, 1.807) is 14.2 Å². The summed E-state index contributed by atoms with van der Waals surface area (Å²) < 4.78 is 11.3. The Bertz CT molecular complexity index is 377. The number of halogens is 1. The topological polar surface area (TPSA) is 35.5 Å². The lowest BCUT2D eigenvalue weighted by atomic mass is 9.98. The van der Waals surface area contributed by atoms with Crippen LogP contribution in [-0.2, 0) is 4.79 Å². The van der Waals surface area contributed by atoms with Gasteiger partial charge < -0.3 is 14.3 Å². The van der Waals surface area contributed by atoms with E-state index >= 15 is 0 Å². The van der Waals surface area contributed by atoms with Crippen molar-refractivity contribution in [3.05, 3.63) is 22.2 Å². The van der Waals surface area contributed by atoms with Gasteiger partial charge in [0.05, 0.1) is 18.7 Å². The highest BCUT2D eigenvalue weighted by Gasteiger charge is 2.16. The molecule has 0 fully saturated rings. The minimum Gasteiger partial charge on any atom is -0.493 e. The molecule has 0 radical (unpaired) electrons. The van der Waals surface area contributed by atoms with Gasteiger partial charge in [-0.15, -0.1) is 0 Å². The third kappa shape index (κ3) is 2.55. The molecular weight excluding hydrogens is 272 g/mol. The van der Waals surface area contributed by atoms with E-state index in [2.05, 4.69) is 15.9 Å². The average Bonchev–Trinajstić information content (AvgIpc) is 2.28. The zero-order chi connectivity index (χ0) is 12.1. The van der Waals surface area contributed by atoms with Crippen molar-refractivity contribution in [1.29, 1.82) is 0 Å². The Morgan fingerprint density at radius 3 is 2.56 bits per heavy atom. The van der Waals surface area contributed by atoms with Gasteiger partial charge in [0.15, 0.2) is 11.5 Å². The Hall–Kier alpha value is -1.03. The van der Waals surface area contributed by atoms with E-state index in [1.165, 1.54) is 0 Å². The van der Waals surface area contributed by atoms with E-state index in [-0.39, 0.29) is 5.92 Å². The highest BCUT2D eigenvalue weighted by molar-refractivity contribution is 9.10. The summed E-state index contributed by atoms with van der Waals surface area (Å²) in [5, 5.41) is 0. The van der Waals surface area contributed by atoms with Crippen LogP contribution in [0.5, 0.6) is 11.5 Å². The van der Waals surface area contributed by atoms with E-state index in [0.717, 1.165) is 16.3 Å². The fourth-order valence-corrected chi connectivity index (χ4v) is 2.44. The fraction of sp³-hybridized carbons (Fsp3) is 0.417. The molecule has 0 aliphatic carbocycles. The summed E-state index contributed by atoms with van der Waals surface area (Å²) in [4.78, 5) is 10.5. The van der Waals surface area contributed by atoms with Gasteiger partial charge in [0.25, 0.3) is 0 Å². The molecule has 0 aromatic heterocycles. The van der Waals surface area contributed by atoms with Crippen molar-refractivity contribution >= 4 is 22.2 Å². The van der Waals surface area contributed by atoms with Crippen molar-refractivity contribution in [2.45, 2.75) is 19.3 Å². The van der Waals surface area contributed by atoms with Crippen LogP contribution in [0, 0.1) is 0 Å². The van der Waals surface area contributed by atoms with Crippen LogP contribution in [0.25, 0.3) is 0 Å². The van der Waals surface area contributed by atoms with Crippen molar-refractivity contribution < 1.29 is 14.3 Å². The van der Waals surface area contributed by atoms with Crippen molar-refractivity contribution in [3.63, 3.8) is 0 Å². The van der Waals surface area contributed by atoms with Gasteiger partial charge in [-0.2, -0.15) is 0 Å². The SMILES string of the molecule is COc1ccc(C(C)CC=O)c(Br)c1OC. The van der Waals surface area contributed by atoms with Crippen LogP contribution in [0.1, 0.15) is 24.8 Å². The largest absolute Gasteiger partial charge is 0.493 e. The first-order valence-electron chi connectivity index (χ1n) is 4.99. The van der Waals surface area contributed by atoms with E-state index in [4.69, 9.17) is 9.47 Å². The molecule has 0 bridgehead atoms. The number of carbonyl (C=O) groups is 1. The van der Waals surface area contributed by atoms with Gasteiger partial charge in [0.2, 0.25) is 0 Å². The number of rotatable bonds is 5. The van der Waals surface area contributed by atoms with Crippen molar-refractivity contribution in [1.82, 2.24) is 0 Å². The highest BCUT2D eigenvalue weighted by atomic mass is 79.9. The zero-order valence-corrected chi connectivity index (χ0v) is 11.2. The Morgan fingerprint density at radius 2 is 2.06 bits per heavy atom. The Kier molecular flexibility index (Phi) is 4.80. The predicted octanol–water partition coefficient (Wildman–Crippen LogP) is 3.16. The van der Waals surface area contributed by atoms with E-state index in [0.29, 0.717) is 17.9 Å². The number of hydrogen-bond donors (Lipinski definition) is 0. The summed E-state index contributed by atoms with van der Waals surface area (Å²) in [5.41, 5.74) is 1.05. The van der Waals surface area contributed by atoms with E-state index in [9.17, 15) is 4.79 Å². The quantitative estimate of drug-likeness (QED) is 0.780. The van der Waals surface area contributed by atoms with E-state index in [1.807, 2.05) is 19.1 Å². The maximum Gasteiger partial charge on any atom is 0.175 e. The van der Waals surface area contributed by atoms with Crippen molar-refractivity contribution in [2.75, 3.05) is 14.2 Å². The average molecular weight is 287 g/mol. The van der Waals surface area contributed by atoms with Crippen LogP contribution in [0.4, 0.5) is 0 Å². The third-order valence-electron chi connectivity index (χ3n) is 2.50. The minimum atomic E-state index is 0.159. The highest BCUT2D eigenvalue weighted by Crippen LogP contribution is 2.40. The van der Waals surface area contributed by atoms with Crippen molar-refractivity contribution in [3.8, 4) is 11.5 Å². The molecule has 0 aliphatic rings. The minimum absolute atomic E-state index is 0.159. The summed E-state index contributed by atoms with van der Waals surface area (Å²) in [5.74, 6) is 1.50. The standard InChI is InChI=1S/C12H15BrO3/c1-8(6-7-14)9-4-5-10(15-2)12(16-3)11(9)13/h4-5,7-8H,6H2,1-3H3. The van der Waals surface area contributed by atoms with Crippen LogP contribution in [0.2, 0.25) is 0 Å². The summed E-state index contributed by atoms with van der Waals surface area (Å²) in [6.07, 6.45) is 1.42. The van der Waals surface area contributed by atoms with Gasteiger partial charge in [-0.3, -0.25) is 0 Å². The molecule has 1 unspecified atom stereocenters. The van der Waals surface area contributed by atoms with Gasteiger partial charge in [-0.05, 0) is 33.5 Å². The lowest BCUT2D eigenvalue weighted by molar-refractivity contribution is -0.108. The monoisotopic (exact) mass is 286 g/mol. The maximum absolute atomic E-state index is 10.5. The molecule has 16 heavy (non-hydrogen) atoms. The molecule has 0 N–H and O–H groups in total. The van der Waals surface area contributed by atoms with Gasteiger partial charge >= 0.3 is 0 Å². The molecular formula is C12H15BrO3. The zero-order valence-electron chi connectivity index (χ0n) is 9.62. The van der Waals surface area contributed by atoms with Crippen LogP contribution in [0.15, 0.2) is 16.6 Å². The Morgan fingerprint density at radius 1 is 1.38 bits per heavy atom. The lowest BCUT2D eigenvalue weighted by Gasteiger charge is -2.16. The second-order valence-electron chi connectivity index (χ2n) is 3.51. The Balaban J connectivity index is 3.17.